The fraction of sp³-hybridized carbons (Fsp3) is 0.300. The monoisotopic (exact) mass is 271 g/mol. The van der Waals surface area contributed by atoms with Gasteiger partial charge in [-0.25, -0.2) is 4.79 Å². The lowest BCUT2D eigenvalue weighted by molar-refractivity contribution is -0.143. The van der Waals surface area contributed by atoms with Crippen LogP contribution >= 0.6 is 11.3 Å². The SMILES string of the molecule is NC(=O)C[C@@H](NC(=O)C(N)c1cccs1)C(=O)O. The second-order valence-corrected chi connectivity index (χ2v) is 4.54. The highest BCUT2D eigenvalue weighted by Crippen LogP contribution is 2.16. The summed E-state index contributed by atoms with van der Waals surface area (Å²) < 4.78 is 0. The van der Waals surface area contributed by atoms with Crippen molar-refractivity contribution in [3.63, 3.8) is 0 Å². The van der Waals surface area contributed by atoms with E-state index in [1.165, 1.54) is 11.3 Å². The molecule has 2 atom stereocenters. The highest BCUT2D eigenvalue weighted by molar-refractivity contribution is 7.10. The van der Waals surface area contributed by atoms with Gasteiger partial charge in [0.15, 0.2) is 0 Å². The first kappa shape index (κ1) is 14.1. The van der Waals surface area contributed by atoms with Crippen LogP contribution in [0.5, 0.6) is 0 Å². The minimum absolute atomic E-state index is 0.474. The maximum atomic E-state index is 11.7. The van der Waals surface area contributed by atoms with Gasteiger partial charge in [-0.3, -0.25) is 9.59 Å². The number of aliphatic carboxylic acids is 1. The minimum Gasteiger partial charge on any atom is -0.480 e. The van der Waals surface area contributed by atoms with E-state index in [1.54, 1.807) is 17.5 Å². The summed E-state index contributed by atoms with van der Waals surface area (Å²) in [4.78, 5) is 33.8. The summed E-state index contributed by atoms with van der Waals surface area (Å²) in [5.41, 5.74) is 10.5. The number of primary amides is 1. The molecular formula is C10H13N3O4S. The molecule has 6 N–H and O–H groups in total. The van der Waals surface area contributed by atoms with Gasteiger partial charge in [0, 0.05) is 4.88 Å². The van der Waals surface area contributed by atoms with Crippen molar-refractivity contribution in [1.29, 1.82) is 0 Å². The first-order valence-electron chi connectivity index (χ1n) is 5.02. The lowest BCUT2D eigenvalue weighted by Gasteiger charge is -2.15. The van der Waals surface area contributed by atoms with Crippen LogP contribution in [0.1, 0.15) is 17.3 Å². The zero-order chi connectivity index (χ0) is 13.7. The molecule has 0 aliphatic heterocycles. The van der Waals surface area contributed by atoms with Crippen LogP contribution in [-0.2, 0) is 14.4 Å². The average molecular weight is 271 g/mol. The molecule has 0 bridgehead atoms. The molecule has 1 aromatic rings. The maximum absolute atomic E-state index is 11.7. The quantitative estimate of drug-likeness (QED) is 0.536. The van der Waals surface area contributed by atoms with Crippen molar-refractivity contribution in [2.75, 3.05) is 0 Å². The highest BCUT2D eigenvalue weighted by atomic mass is 32.1. The zero-order valence-electron chi connectivity index (χ0n) is 9.33. The number of carbonyl (C=O) groups excluding carboxylic acids is 2. The Morgan fingerprint density at radius 2 is 2.11 bits per heavy atom. The van der Waals surface area contributed by atoms with Gasteiger partial charge in [-0.05, 0) is 11.4 Å². The van der Waals surface area contributed by atoms with Gasteiger partial charge in [0.1, 0.15) is 12.1 Å². The Kier molecular flexibility index (Phi) is 4.81. The molecule has 0 fully saturated rings. The molecular weight excluding hydrogens is 258 g/mol. The molecule has 1 rings (SSSR count). The first-order chi connectivity index (χ1) is 8.41. The lowest BCUT2D eigenvalue weighted by atomic mass is 10.1. The lowest BCUT2D eigenvalue weighted by Crippen LogP contribution is -2.46. The van der Waals surface area contributed by atoms with Crippen LogP contribution in [-0.4, -0.2) is 28.9 Å². The zero-order valence-corrected chi connectivity index (χ0v) is 10.1. The second kappa shape index (κ2) is 6.12. The van der Waals surface area contributed by atoms with Gasteiger partial charge in [0.2, 0.25) is 11.8 Å². The molecule has 1 aromatic heterocycles. The van der Waals surface area contributed by atoms with Gasteiger partial charge in [0.25, 0.3) is 0 Å². The van der Waals surface area contributed by atoms with Gasteiger partial charge in [-0.1, -0.05) is 6.07 Å². The molecule has 18 heavy (non-hydrogen) atoms. The molecule has 7 nitrogen and oxygen atoms in total. The molecule has 2 amide bonds. The topological polar surface area (TPSA) is 136 Å². The number of nitrogens with one attached hydrogen (secondary N) is 1. The summed E-state index contributed by atoms with van der Waals surface area (Å²) >= 11 is 1.28. The van der Waals surface area contributed by atoms with Crippen molar-refractivity contribution in [3.05, 3.63) is 22.4 Å². The minimum atomic E-state index is -1.36. The number of hydrogen-bond donors (Lipinski definition) is 4. The van der Waals surface area contributed by atoms with Gasteiger partial charge in [-0.2, -0.15) is 0 Å². The average Bonchev–Trinajstić information content (AvgIpc) is 2.79. The number of amides is 2. The Bertz CT molecular complexity index is 446. The summed E-state index contributed by atoms with van der Waals surface area (Å²) in [6.07, 6.45) is -0.474. The molecule has 8 heteroatoms. The van der Waals surface area contributed by atoms with Gasteiger partial charge in [0.05, 0.1) is 6.42 Å². The van der Waals surface area contributed by atoms with Crippen LogP contribution < -0.4 is 16.8 Å². The Morgan fingerprint density at radius 1 is 1.44 bits per heavy atom. The molecule has 1 unspecified atom stereocenters. The van der Waals surface area contributed by atoms with E-state index in [0.717, 1.165) is 0 Å². The Labute approximate surface area is 107 Å². The normalized spacial score (nSPS) is 13.6. The van der Waals surface area contributed by atoms with E-state index >= 15 is 0 Å². The van der Waals surface area contributed by atoms with E-state index in [2.05, 4.69) is 5.32 Å². The molecule has 0 radical (unpaired) electrons. The Morgan fingerprint density at radius 3 is 2.56 bits per heavy atom. The molecule has 0 saturated heterocycles. The van der Waals surface area contributed by atoms with Gasteiger partial charge < -0.3 is 21.9 Å². The molecule has 0 saturated carbocycles. The van der Waals surface area contributed by atoms with Crippen LogP contribution in [0.3, 0.4) is 0 Å². The fourth-order valence-electron chi connectivity index (χ4n) is 1.26. The van der Waals surface area contributed by atoms with Crippen molar-refractivity contribution in [2.45, 2.75) is 18.5 Å². The van der Waals surface area contributed by atoms with E-state index in [0.29, 0.717) is 4.88 Å². The summed E-state index contributed by atoms with van der Waals surface area (Å²) in [7, 11) is 0. The Balaban J connectivity index is 2.66. The predicted molar refractivity (Wildman–Crippen MR) is 64.6 cm³/mol. The van der Waals surface area contributed by atoms with Gasteiger partial charge in [-0.15, -0.1) is 11.3 Å². The third-order valence-electron chi connectivity index (χ3n) is 2.15. The largest absolute Gasteiger partial charge is 0.480 e. The summed E-state index contributed by atoms with van der Waals surface area (Å²) in [5, 5.41) is 12.8. The van der Waals surface area contributed by atoms with E-state index in [4.69, 9.17) is 16.6 Å². The van der Waals surface area contributed by atoms with Crippen LogP contribution in [0.2, 0.25) is 0 Å². The van der Waals surface area contributed by atoms with Crippen molar-refractivity contribution in [3.8, 4) is 0 Å². The summed E-state index contributed by atoms with van der Waals surface area (Å²) in [6, 6.07) is 1.07. The third kappa shape index (κ3) is 3.82. The number of thiophene rings is 1. The van der Waals surface area contributed by atoms with Gasteiger partial charge >= 0.3 is 5.97 Å². The first-order valence-corrected chi connectivity index (χ1v) is 5.90. The van der Waals surface area contributed by atoms with Crippen LogP contribution in [0.15, 0.2) is 17.5 Å². The van der Waals surface area contributed by atoms with Crippen molar-refractivity contribution in [2.24, 2.45) is 11.5 Å². The van der Waals surface area contributed by atoms with E-state index in [1.807, 2.05) is 0 Å². The molecule has 0 aromatic carbocycles. The number of nitrogens with two attached hydrogens (primary N) is 2. The third-order valence-corrected chi connectivity index (χ3v) is 3.11. The van der Waals surface area contributed by atoms with E-state index < -0.39 is 36.3 Å². The van der Waals surface area contributed by atoms with E-state index in [-0.39, 0.29) is 0 Å². The fourth-order valence-corrected chi connectivity index (χ4v) is 1.99. The van der Waals surface area contributed by atoms with Crippen molar-refractivity contribution in [1.82, 2.24) is 5.32 Å². The van der Waals surface area contributed by atoms with Crippen LogP contribution in [0.25, 0.3) is 0 Å². The number of hydrogen-bond acceptors (Lipinski definition) is 5. The van der Waals surface area contributed by atoms with Crippen molar-refractivity contribution >= 4 is 29.1 Å². The second-order valence-electron chi connectivity index (χ2n) is 3.56. The molecule has 1 heterocycles. The molecule has 98 valence electrons. The standard InChI is InChI=1S/C10H13N3O4S/c11-7(14)4-5(10(16)17)13-9(15)8(12)6-2-1-3-18-6/h1-3,5,8H,4,12H2,(H2,11,14)(H,13,15)(H,16,17)/t5-,8?/m1/s1. The summed E-state index contributed by atoms with van der Waals surface area (Å²) in [6.45, 7) is 0. The smallest absolute Gasteiger partial charge is 0.326 e. The number of carboxylic acids is 1. The number of carbonyl (C=O) groups is 3. The van der Waals surface area contributed by atoms with Crippen molar-refractivity contribution < 1.29 is 19.5 Å². The maximum Gasteiger partial charge on any atom is 0.326 e. The van der Waals surface area contributed by atoms with Crippen LogP contribution in [0.4, 0.5) is 0 Å². The molecule has 0 spiro atoms. The Hall–Kier alpha value is -1.93. The van der Waals surface area contributed by atoms with Crippen LogP contribution in [0, 0.1) is 0 Å². The molecule has 0 aliphatic carbocycles. The number of rotatable bonds is 6. The summed E-state index contributed by atoms with van der Waals surface area (Å²) in [5.74, 6) is -2.81. The highest BCUT2D eigenvalue weighted by Gasteiger charge is 2.25. The number of carboxylic acid groups (broad SMARTS) is 1. The molecule has 0 aliphatic rings. The predicted octanol–water partition coefficient (Wildman–Crippen LogP) is -0.807. The van der Waals surface area contributed by atoms with E-state index in [9.17, 15) is 14.4 Å².